The second-order valence-electron chi connectivity index (χ2n) is 5.62. The minimum Gasteiger partial charge on any atom is -0.468 e. The first kappa shape index (κ1) is 16.0. The second-order valence-corrected chi connectivity index (χ2v) is 5.62. The van der Waals surface area contributed by atoms with Crippen molar-refractivity contribution in [3.8, 4) is 0 Å². The van der Waals surface area contributed by atoms with E-state index >= 15 is 0 Å². The average Bonchev–Trinajstić information content (AvgIpc) is 3.23. The molecule has 0 atom stereocenters. The fraction of sp³-hybridized carbons (Fsp3) is 0.222. The topological polar surface area (TPSA) is 72.7 Å². The van der Waals surface area contributed by atoms with Gasteiger partial charge >= 0.3 is 0 Å². The van der Waals surface area contributed by atoms with Crippen LogP contribution in [0.3, 0.4) is 0 Å². The molecule has 124 valence electrons. The van der Waals surface area contributed by atoms with Gasteiger partial charge in [0.15, 0.2) is 0 Å². The average molecular weight is 326 g/mol. The number of hydrogen-bond acceptors (Lipinski definition) is 5. The van der Waals surface area contributed by atoms with Crippen molar-refractivity contribution in [1.82, 2.24) is 4.90 Å². The summed E-state index contributed by atoms with van der Waals surface area (Å²) in [4.78, 5) is 12.9. The van der Waals surface area contributed by atoms with E-state index < -0.39 is 0 Å². The number of benzene rings is 1. The molecule has 0 radical (unpaired) electrons. The molecule has 3 rings (SSSR count). The fourth-order valence-corrected chi connectivity index (χ4v) is 2.69. The highest BCUT2D eigenvalue weighted by molar-refractivity contribution is 5.44. The normalized spacial score (nSPS) is 11.1. The molecule has 3 aromatic rings. The summed E-state index contributed by atoms with van der Waals surface area (Å²) >= 11 is 0. The molecule has 0 aliphatic rings. The molecule has 0 spiro atoms. The van der Waals surface area contributed by atoms with E-state index in [9.17, 15) is 10.1 Å². The highest BCUT2D eigenvalue weighted by atomic mass is 16.6. The zero-order valence-corrected chi connectivity index (χ0v) is 13.3. The van der Waals surface area contributed by atoms with Crippen LogP contribution in [0.15, 0.2) is 63.8 Å². The lowest BCUT2D eigenvalue weighted by atomic mass is 10.1. The number of hydrogen-bond donors (Lipinski definition) is 0. The summed E-state index contributed by atoms with van der Waals surface area (Å²) < 4.78 is 10.9. The molecule has 0 bridgehead atoms. The Morgan fingerprint density at radius 1 is 0.958 bits per heavy atom. The van der Waals surface area contributed by atoms with Crippen molar-refractivity contribution in [2.45, 2.75) is 26.6 Å². The van der Waals surface area contributed by atoms with Crippen LogP contribution in [0.1, 0.15) is 22.6 Å². The SMILES string of the molecule is Cc1c(CN(Cc2ccco2)Cc2ccco2)cccc1[N+](=O)[O-]. The van der Waals surface area contributed by atoms with E-state index in [1.807, 2.05) is 30.3 Å². The Balaban J connectivity index is 1.83. The van der Waals surface area contributed by atoms with Gasteiger partial charge < -0.3 is 8.83 Å². The number of nitro groups is 1. The Morgan fingerprint density at radius 2 is 1.58 bits per heavy atom. The van der Waals surface area contributed by atoms with Crippen molar-refractivity contribution >= 4 is 5.69 Å². The summed E-state index contributed by atoms with van der Waals surface area (Å²) in [6, 6.07) is 12.7. The van der Waals surface area contributed by atoms with Crippen LogP contribution >= 0.6 is 0 Å². The van der Waals surface area contributed by atoms with E-state index in [1.54, 1.807) is 25.5 Å². The first-order valence-electron chi connectivity index (χ1n) is 7.63. The van der Waals surface area contributed by atoms with Gasteiger partial charge in [0.2, 0.25) is 0 Å². The van der Waals surface area contributed by atoms with Crippen LogP contribution in [-0.4, -0.2) is 9.82 Å². The highest BCUT2D eigenvalue weighted by Crippen LogP contribution is 2.23. The minimum atomic E-state index is -0.345. The van der Waals surface area contributed by atoms with Gasteiger partial charge in [-0.05, 0) is 36.8 Å². The van der Waals surface area contributed by atoms with Gasteiger partial charge in [-0.15, -0.1) is 0 Å². The van der Waals surface area contributed by atoms with Gasteiger partial charge in [0.05, 0.1) is 30.5 Å². The molecular formula is C18H18N2O4. The lowest BCUT2D eigenvalue weighted by Gasteiger charge is -2.21. The summed E-state index contributed by atoms with van der Waals surface area (Å²) in [5, 5.41) is 11.1. The molecule has 6 nitrogen and oxygen atoms in total. The monoisotopic (exact) mass is 326 g/mol. The molecule has 2 aromatic heterocycles. The summed E-state index contributed by atoms with van der Waals surface area (Å²) in [7, 11) is 0. The Labute approximate surface area is 139 Å². The standard InChI is InChI=1S/C18H18N2O4/c1-14-15(5-2-8-18(14)20(21)22)11-19(12-16-6-3-9-23-16)13-17-7-4-10-24-17/h2-10H,11-13H2,1H3. The molecule has 6 heteroatoms. The zero-order chi connectivity index (χ0) is 16.9. The van der Waals surface area contributed by atoms with Crippen molar-refractivity contribution in [3.05, 3.63) is 87.8 Å². The maximum absolute atomic E-state index is 11.1. The van der Waals surface area contributed by atoms with E-state index in [4.69, 9.17) is 8.83 Å². The molecule has 24 heavy (non-hydrogen) atoms. The third-order valence-electron chi connectivity index (χ3n) is 3.93. The van der Waals surface area contributed by atoms with E-state index in [1.165, 1.54) is 6.07 Å². The van der Waals surface area contributed by atoms with Gasteiger partial charge in [-0.3, -0.25) is 15.0 Å². The zero-order valence-electron chi connectivity index (χ0n) is 13.3. The van der Waals surface area contributed by atoms with Crippen molar-refractivity contribution in [2.24, 2.45) is 0 Å². The van der Waals surface area contributed by atoms with Crippen LogP contribution < -0.4 is 0 Å². The molecule has 0 N–H and O–H groups in total. The quantitative estimate of drug-likeness (QED) is 0.478. The first-order valence-corrected chi connectivity index (χ1v) is 7.63. The summed E-state index contributed by atoms with van der Waals surface area (Å²) in [6.45, 7) is 3.53. The third kappa shape index (κ3) is 3.72. The van der Waals surface area contributed by atoms with Crippen molar-refractivity contribution < 1.29 is 13.8 Å². The predicted octanol–water partition coefficient (Wildman–Crippen LogP) is 4.29. The Hall–Kier alpha value is -2.86. The molecule has 0 unspecified atom stereocenters. The van der Waals surface area contributed by atoms with Gasteiger partial charge in [-0.1, -0.05) is 12.1 Å². The van der Waals surface area contributed by atoms with Gasteiger partial charge in [0, 0.05) is 18.2 Å². The predicted molar refractivity (Wildman–Crippen MR) is 88.2 cm³/mol. The highest BCUT2D eigenvalue weighted by Gasteiger charge is 2.17. The van der Waals surface area contributed by atoms with Gasteiger partial charge in [0.1, 0.15) is 11.5 Å². The van der Waals surface area contributed by atoms with Gasteiger partial charge in [0.25, 0.3) is 5.69 Å². The summed E-state index contributed by atoms with van der Waals surface area (Å²) in [5.41, 5.74) is 1.75. The van der Waals surface area contributed by atoms with Crippen LogP contribution in [0.4, 0.5) is 5.69 Å². The van der Waals surface area contributed by atoms with E-state index in [0.717, 1.165) is 17.1 Å². The van der Waals surface area contributed by atoms with E-state index in [2.05, 4.69) is 4.90 Å². The van der Waals surface area contributed by atoms with Gasteiger partial charge in [-0.25, -0.2) is 0 Å². The Kier molecular flexibility index (Phi) is 4.77. The van der Waals surface area contributed by atoms with Crippen molar-refractivity contribution in [1.29, 1.82) is 0 Å². The Morgan fingerprint density at radius 3 is 2.08 bits per heavy atom. The fourth-order valence-electron chi connectivity index (χ4n) is 2.69. The van der Waals surface area contributed by atoms with Crippen molar-refractivity contribution in [3.63, 3.8) is 0 Å². The molecule has 0 aliphatic heterocycles. The lowest BCUT2D eigenvalue weighted by molar-refractivity contribution is -0.385. The maximum Gasteiger partial charge on any atom is 0.272 e. The Bertz CT molecular complexity index is 758. The minimum absolute atomic E-state index is 0.142. The van der Waals surface area contributed by atoms with Crippen LogP contribution in [0, 0.1) is 17.0 Å². The summed E-state index contributed by atoms with van der Waals surface area (Å²) in [5.74, 6) is 1.68. The van der Waals surface area contributed by atoms with Gasteiger partial charge in [-0.2, -0.15) is 0 Å². The van der Waals surface area contributed by atoms with Crippen LogP contribution in [0.25, 0.3) is 0 Å². The molecule has 1 aromatic carbocycles. The lowest BCUT2D eigenvalue weighted by Crippen LogP contribution is -2.22. The van der Waals surface area contributed by atoms with Crippen LogP contribution in [0.5, 0.6) is 0 Å². The molecule has 0 amide bonds. The molecular weight excluding hydrogens is 308 g/mol. The third-order valence-corrected chi connectivity index (χ3v) is 3.93. The van der Waals surface area contributed by atoms with Crippen LogP contribution in [-0.2, 0) is 19.6 Å². The molecule has 0 saturated carbocycles. The number of nitrogens with zero attached hydrogens (tertiary/aromatic N) is 2. The number of rotatable bonds is 7. The van der Waals surface area contributed by atoms with E-state index in [-0.39, 0.29) is 10.6 Å². The number of furan rings is 2. The van der Waals surface area contributed by atoms with Crippen LogP contribution in [0.2, 0.25) is 0 Å². The van der Waals surface area contributed by atoms with Crippen molar-refractivity contribution in [2.75, 3.05) is 0 Å². The molecule has 0 aliphatic carbocycles. The second kappa shape index (κ2) is 7.14. The molecule has 0 fully saturated rings. The molecule has 2 heterocycles. The summed E-state index contributed by atoms with van der Waals surface area (Å²) in [6.07, 6.45) is 3.28. The largest absolute Gasteiger partial charge is 0.468 e. The maximum atomic E-state index is 11.1. The first-order chi connectivity index (χ1) is 11.6. The molecule has 0 saturated heterocycles. The number of nitro benzene ring substituents is 1. The van der Waals surface area contributed by atoms with E-state index in [0.29, 0.717) is 25.2 Å². The smallest absolute Gasteiger partial charge is 0.272 e.